The van der Waals surface area contributed by atoms with Gasteiger partial charge in [0.1, 0.15) is 29.5 Å². The Kier molecular flexibility index (Phi) is 5.33. The summed E-state index contributed by atoms with van der Waals surface area (Å²) >= 11 is 0. The first-order chi connectivity index (χ1) is 12.2. The molecule has 0 bridgehead atoms. The molecule has 1 atom stereocenters. The lowest BCUT2D eigenvalue weighted by atomic mass is 10.3. The minimum atomic E-state index is -0.654. The molecule has 25 heavy (non-hydrogen) atoms. The van der Waals surface area contributed by atoms with Crippen molar-refractivity contribution in [2.24, 2.45) is 0 Å². The highest BCUT2D eigenvalue weighted by Gasteiger charge is 2.18. The summed E-state index contributed by atoms with van der Waals surface area (Å²) in [5.74, 6) is 2.39. The van der Waals surface area contributed by atoms with Gasteiger partial charge in [0, 0.05) is 19.2 Å². The molecule has 132 valence electrons. The van der Waals surface area contributed by atoms with Gasteiger partial charge in [-0.05, 0) is 44.0 Å². The Morgan fingerprint density at radius 1 is 1.16 bits per heavy atom. The zero-order chi connectivity index (χ0) is 17.6. The second kappa shape index (κ2) is 7.83. The van der Waals surface area contributed by atoms with Crippen LogP contribution in [-0.2, 0) is 4.79 Å². The Bertz CT molecular complexity index is 715. The topological polar surface area (TPSA) is 76.6 Å². The normalized spacial score (nSPS) is 14.9. The molecule has 1 aliphatic rings. The van der Waals surface area contributed by atoms with Gasteiger partial charge in [-0.25, -0.2) is 9.97 Å². The van der Waals surface area contributed by atoms with E-state index in [0.717, 1.165) is 24.7 Å². The lowest BCUT2D eigenvalue weighted by Crippen LogP contribution is -2.30. The summed E-state index contributed by atoms with van der Waals surface area (Å²) in [7, 11) is 1.60. The fraction of sp³-hybridized carbons (Fsp3) is 0.389. The van der Waals surface area contributed by atoms with Crippen LogP contribution in [-0.4, -0.2) is 42.2 Å². The Labute approximate surface area is 147 Å². The van der Waals surface area contributed by atoms with Gasteiger partial charge < -0.3 is 19.7 Å². The standard InChI is InChI=1S/C18H22N4O3/c1-13(25-15-7-5-14(24-2)6-8-15)18(23)21-16-11-17(20-12-19-16)22-9-3-4-10-22/h5-8,11-13H,3-4,9-10H2,1-2H3,(H,19,20,21,23). The van der Waals surface area contributed by atoms with Crippen LogP contribution in [0.3, 0.4) is 0 Å². The van der Waals surface area contributed by atoms with Crippen LogP contribution < -0.4 is 19.7 Å². The summed E-state index contributed by atoms with van der Waals surface area (Å²) in [6.45, 7) is 3.67. The van der Waals surface area contributed by atoms with Crippen LogP contribution in [0.2, 0.25) is 0 Å². The van der Waals surface area contributed by atoms with E-state index in [9.17, 15) is 4.79 Å². The number of nitrogens with one attached hydrogen (secondary N) is 1. The number of carbonyl (C=O) groups is 1. The summed E-state index contributed by atoms with van der Waals surface area (Å²) in [6.07, 6.45) is 3.15. The summed E-state index contributed by atoms with van der Waals surface area (Å²) in [5.41, 5.74) is 0. The summed E-state index contributed by atoms with van der Waals surface area (Å²) < 4.78 is 10.8. The average molecular weight is 342 g/mol. The molecule has 1 aromatic carbocycles. The second-order valence-electron chi connectivity index (χ2n) is 5.88. The zero-order valence-corrected chi connectivity index (χ0v) is 14.4. The molecule has 7 heteroatoms. The van der Waals surface area contributed by atoms with Gasteiger partial charge in [-0.1, -0.05) is 0 Å². The molecule has 1 aliphatic heterocycles. The third-order valence-electron chi connectivity index (χ3n) is 4.08. The number of carbonyl (C=O) groups excluding carboxylic acids is 1. The Morgan fingerprint density at radius 2 is 1.84 bits per heavy atom. The molecule has 0 spiro atoms. The van der Waals surface area contributed by atoms with Gasteiger partial charge in [0.25, 0.3) is 5.91 Å². The van der Waals surface area contributed by atoms with Gasteiger partial charge in [0.05, 0.1) is 7.11 Å². The van der Waals surface area contributed by atoms with Gasteiger partial charge in [0.2, 0.25) is 0 Å². The Balaban J connectivity index is 1.59. The quantitative estimate of drug-likeness (QED) is 0.869. The Morgan fingerprint density at radius 3 is 2.52 bits per heavy atom. The maximum absolute atomic E-state index is 12.3. The van der Waals surface area contributed by atoms with Gasteiger partial charge >= 0.3 is 0 Å². The van der Waals surface area contributed by atoms with Gasteiger partial charge in [-0.15, -0.1) is 0 Å². The molecular weight excluding hydrogens is 320 g/mol. The van der Waals surface area contributed by atoms with Crippen LogP contribution in [0.1, 0.15) is 19.8 Å². The largest absolute Gasteiger partial charge is 0.497 e. The minimum absolute atomic E-state index is 0.262. The van der Waals surface area contributed by atoms with Crippen LogP contribution >= 0.6 is 0 Å². The van der Waals surface area contributed by atoms with E-state index in [-0.39, 0.29) is 5.91 Å². The molecule has 0 aliphatic carbocycles. The van der Waals surface area contributed by atoms with E-state index in [2.05, 4.69) is 20.2 Å². The van der Waals surface area contributed by atoms with Crippen LogP contribution in [0.25, 0.3) is 0 Å². The van der Waals surface area contributed by atoms with Crippen molar-refractivity contribution in [2.45, 2.75) is 25.9 Å². The number of hydrogen-bond acceptors (Lipinski definition) is 6. The lowest BCUT2D eigenvalue weighted by molar-refractivity contribution is -0.122. The molecule has 7 nitrogen and oxygen atoms in total. The summed E-state index contributed by atoms with van der Waals surface area (Å²) in [4.78, 5) is 22.9. The van der Waals surface area contributed by atoms with Gasteiger partial charge in [0.15, 0.2) is 6.10 Å². The first-order valence-corrected chi connectivity index (χ1v) is 8.34. The highest BCUT2D eigenvalue weighted by atomic mass is 16.5. The van der Waals surface area contributed by atoms with Gasteiger partial charge in [-0.2, -0.15) is 0 Å². The number of nitrogens with zero attached hydrogens (tertiary/aromatic N) is 3. The van der Waals surface area contributed by atoms with Gasteiger partial charge in [-0.3, -0.25) is 4.79 Å². The molecule has 1 amide bonds. The highest BCUT2D eigenvalue weighted by Crippen LogP contribution is 2.20. The molecule has 0 saturated carbocycles. The molecule has 0 radical (unpaired) electrons. The number of hydrogen-bond donors (Lipinski definition) is 1. The van der Waals surface area contributed by atoms with Crippen molar-refractivity contribution in [3.8, 4) is 11.5 Å². The third-order valence-corrected chi connectivity index (χ3v) is 4.08. The zero-order valence-electron chi connectivity index (χ0n) is 14.4. The number of benzene rings is 1. The van der Waals surface area contributed by atoms with Crippen LogP contribution in [0, 0.1) is 0 Å². The predicted molar refractivity (Wildman–Crippen MR) is 95.2 cm³/mol. The molecule has 2 heterocycles. The Hall–Kier alpha value is -2.83. The monoisotopic (exact) mass is 342 g/mol. The minimum Gasteiger partial charge on any atom is -0.497 e. The summed E-state index contributed by atoms with van der Waals surface area (Å²) in [5, 5.41) is 2.78. The smallest absolute Gasteiger partial charge is 0.266 e. The highest BCUT2D eigenvalue weighted by molar-refractivity contribution is 5.93. The number of aromatic nitrogens is 2. The molecule has 3 rings (SSSR count). The van der Waals surface area contributed by atoms with E-state index in [1.54, 1.807) is 44.4 Å². The van der Waals surface area contributed by atoms with Crippen molar-refractivity contribution in [1.29, 1.82) is 0 Å². The van der Waals surface area contributed by atoms with Crippen molar-refractivity contribution >= 4 is 17.5 Å². The van der Waals surface area contributed by atoms with Crippen LogP contribution in [0.15, 0.2) is 36.7 Å². The van der Waals surface area contributed by atoms with Crippen molar-refractivity contribution < 1.29 is 14.3 Å². The van der Waals surface area contributed by atoms with E-state index in [1.807, 2.05) is 0 Å². The SMILES string of the molecule is COc1ccc(OC(C)C(=O)Nc2cc(N3CCCC3)ncn2)cc1. The molecular formula is C18H22N4O3. The second-order valence-corrected chi connectivity index (χ2v) is 5.88. The van der Waals surface area contributed by atoms with E-state index in [1.165, 1.54) is 19.2 Å². The number of methoxy groups -OCH3 is 1. The molecule has 1 saturated heterocycles. The fourth-order valence-electron chi connectivity index (χ4n) is 2.67. The van der Waals surface area contributed by atoms with Crippen LogP contribution in [0.5, 0.6) is 11.5 Å². The number of rotatable bonds is 6. The van der Waals surface area contributed by atoms with Crippen molar-refractivity contribution in [1.82, 2.24) is 9.97 Å². The number of amides is 1. The van der Waals surface area contributed by atoms with Crippen molar-refractivity contribution in [3.63, 3.8) is 0 Å². The molecule has 1 unspecified atom stereocenters. The van der Waals surface area contributed by atoms with E-state index >= 15 is 0 Å². The molecule has 1 N–H and O–H groups in total. The van der Waals surface area contributed by atoms with E-state index in [4.69, 9.17) is 9.47 Å². The number of anilines is 2. The maximum atomic E-state index is 12.3. The molecule has 1 aromatic heterocycles. The van der Waals surface area contributed by atoms with E-state index < -0.39 is 6.10 Å². The maximum Gasteiger partial charge on any atom is 0.266 e. The number of ether oxygens (including phenoxy) is 2. The predicted octanol–water partition coefficient (Wildman–Crippen LogP) is 2.49. The average Bonchev–Trinajstić information content (AvgIpc) is 3.17. The third kappa shape index (κ3) is 4.37. The molecule has 2 aromatic rings. The van der Waals surface area contributed by atoms with Crippen molar-refractivity contribution in [3.05, 3.63) is 36.7 Å². The molecule has 1 fully saturated rings. The van der Waals surface area contributed by atoms with Crippen molar-refractivity contribution in [2.75, 3.05) is 30.4 Å². The lowest BCUT2D eigenvalue weighted by Gasteiger charge is -2.17. The first-order valence-electron chi connectivity index (χ1n) is 8.34. The summed E-state index contributed by atoms with van der Waals surface area (Å²) in [6, 6.07) is 8.89. The van der Waals surface area contributed by atoms with E-state index in [0.29, 0.717) is 11.6 Å². The van der Waals surface area contributed by atoms with Crippen LogP contribution in [0.4, 0.5) is 11.6 Å². The fourth-order valence-corrected chi connectivity index (χ4v) is 2.67. The first kappa shape index (κ1) is 17.0.